The Bertz CT molecular complexity index is 485. The number of aryl methyl sites for hydroxylation is 2. The molecule has 0 aromatic carbocycles. The highest BCUT2D eigenvalue weighted by Crippen LogP contribution is 2.41. The van der Waals surface area contributed by atoms with Crippen LogP contribution in [0.15, 0.2) is 0 Å². The van der Waals surface area contributed by atoms with Crippen LogP contribution in [0.3, 0.4) is 0 Å². The van der Waals surface area contributed by atoms with Gasteiger partial charge in [-0.25, -0.2) is 0 Å². The fourth-order valence-corrected chi connectivity index (χ4v) is 3.24. The van der Waals surface area contributed by atoms with Crippen molar-refractivity contribution in [3.63, 3.8) is 0 Å². The van der Waals surface area contributed by atoms with Gasteiger partial charge in [0.15, 0.2) is 0 Å². The summed E-state index contributed by atoms with van der Waals surface area (Å²) in [5, 5.41) is 11.1. The topological polar surface area (TPSA) is 59.0 Å². The number of hydrogen-bond acceptors (Lipinski definition) is 3. The molecule has 5 heteroatoms. The normalized spacial score (nSPS) is 21.3. The summed E-state index contributed by atoms with van der Waals surface area (Å²) in [6.45, 7) is 2.06. The van der Waals surface area contributed by atoms with Crippen molar-refractivity contribution in [1.82, 2.24) is 9.78 Å². The van der Waals surface area contributed by atoms with E-state index < -0.39 is 0 Å². The van der Waals surface area contributed by atoms with Crippen LogP contribution in [0.5, 0.6) is 0 Å². The monoisotopic (exact) mass is 248 g/mol. The van der Waals surface area contributed by atoms with Crippen molar-refractivity contribution in [1.29, 1.82) is 0 Å². The summed E-state index contributed by atoms with van der Waals surface area (Å²) in [6.07, 6.45) is 5.96. The Morgan fingerprint density at radius 1 is 1.39 bits per heavy atom. The molecule has 1 aromatic heterocycles. The zero-order valence-corrected chi connectivity index (χ0v) is 11.0. The molecule has 98 valence electrons. The minimum absolute atomic E-state index is 0.0475. The third-order valence-corrected chi connectivity index (χ3v) is 4.16. The van der Waals surface area contributed by atoms with Crippen molar-refractivity contribution < 1.29 is 4.79 Å². The van der Waals surface area contributed by atoms with Gasteiger partial charge in [0.2, 0.25) is 5.91 Å². The van der Waals surface area contributed by atoms with Crippen molar-refractivity contribution in [2.45, 2.75) is 51.0 Å². The smallest absolute Gasteiger partial charge is 0.226 e. The Labute approximate surface area is 107 Å². The molecule has 0 atom stereocenters. The fraction of sp³-hybridized carbons (Fsp3) is 0.692. The molecule has 2 aliphatic rings. The van der Waals surface area contributed by atoms with Gasteiger partial charge >= 0.3 is 0 Å². The van der Waals surface area contributed by atoms with E-state index in [2.05, 4.69) is 22.7 Å². The highest BCUT2D eigenvalue weighted by Gasteiger charge is 2.40. The number of nitrogens with one attached hydrogen (secondary N) is 2. The van der Waals surface area contributed by atoms with Crippen LogP contribution in [0.4, 0.5) is 11.5 Å². The lowest BCUT2D eigenvalue weighted by Gasteiger charge is -2.28. The molecule has 0 bridgehead atoms. The van der Waals surface area contributed by atoms with Crippen LogP contribution in [0.25, 0.3) is 0 Å². The van der Waals surface area contributed by atoms with Gasteiger partial charge in [0.25, 0.3) is 0 Å². The fourth-order valence-electron chi connectivity index (χ4n) is 3.24. The largest absolute Gasteiger partial charge is 0.363 e. The minimum atomic E-state index is -0.0475. The summed E-state index contributed by atoms with van der Waals surface area (Å²) in [7, 11) is 1.94. The lowest BCUT2D eigenvalue weighted by molar-refractivity contribution is -0.117. The van der Waals surface area contributed by atoms with Crippen molar-refractivity contribution in [2.75, 3.05) is 10.6 Å². The average Bonchev–Trinajstić information content (AvgIpc) is 2.84. The number of nitrogens with zero attached hydrogens (tertiary/aromatic N) is 2. The summed E-state index contributed by atoms with van der Waals surface area (Å²) < 4.78 is 1.86. The Kier molecular flexibility index (Phi) is 2.57. The van der Waals surface area contributed by atoms with Gasteiger partial charge in [-0.2, -0.15) is 5.10 Å². The Balaban J connectivity index is 2.05. The van der Waals surface area contributed by atoms with Gasteiger partial charge in [-0.15, -0.1) is 0 Å². The second kappa shape index (κ2) is 4.00. The SMILES string of the molecule is CCc1nn(C)c2c1NC(=O)CC1(CCCC1)N2. The second-order valence-corrected chi connectivity index (χ2v) is 5.48. The molecule has 2 heterocycles. The van der Waals surface area contributed by atoms with Gasteiger partial charge in [-0.05, 0) is 19.3 Å². The number of aromatic nitrogens is 2. The Morgan fingerprint density at radius 3 is 2.78 bits per heavy atom. The molecule has 3 rings (SSSR count). The van der Waals surface area contributed by atoms with Crippen LogP contribution in [0.1, 0.15) is 44.7 Å². The molecule has 0 saturated heterocycles. The number of anilines is 2. The van der Waals surface area contributed by atoms with Gasteiger partial charge in [0.1, 0.15) is 11.5 Å². The lowest BCUT2D eigenvalue weighted by atomic mass is 9.93. The minimum Gasteiger partial charge on any atom is -0.363 e. The number of carbonyl (C=O) groups excluding carboxylic acids is 1. The maximum atomic E-state index is 12.1. The zero-order chi connectivity index (χ0) is 12.8. The summed E-state index contributed by atoms with van der Waals surface area (Å²) >= 11 is 0. The number of rotatable bonds is 1. The zero-order valence-electron chi connectivity index (χ0n) is 11.0. The molecule has 1 fully saturated rings. The van der Waals surface area contributed by atoms with E-state index in [1.54, 1.807) is 0 Å². The van der Waals surface area contributed by atoms with Crippen LogP contribution in [0, 0.1) is 0 Å². The van der Waals surface area contributed by atoms with Crippen LogP contribution in [-0.4, -0.2) is 21.2 Å². The molecule has 1 spiro atoms. The van der Waals surface area contributed by atoms with Gasteiger partial charge in [0.05, 0.1) is 5.69 Å². The first kappa shape index (κ1) is 11.6. The van der Waals surface area contributed by atoms with Crippen LogP contribution in [-0.2, 0) is 18.3 Å². The number of amides is 1. The number of fused-ring (bicyclic) bond motifs is 1. The maximum absolute atomic E-state index is 12.1. The molecule has 2 N–H and O–H groups in total. The van der Waals surface area contributed by atoms with Crippen molar-refractivity contribution in [3.05, 3.63) is 5.69 Å². The third-order valence-electron chi connectivity index (χ3n) is 4.16. The molecule has 0 radical (unpaired) electrons. The van der Waals surface area contributed by atoms with E-state index in [4.69, 9.17) is 0 Å². The van der Waals surface area contributed by atoms with Gasteiger partial charge in [0, 0.05) is 19.0 Å². The molecule has 1 saturated carbocycles. The molecule has 1 amide bonds. The van der Waals surface area contributed by atoms with E-state index >= 15 is 0 Å². The van der Waals surface area contributed by atoms with Gasteiger partial charge in [-0.3, -0.25) is 9.48 Å². The quantitative estimate of drug-likeness (QED) is 0.799. The Hall–Kier alpha value is -1.52. The van der Waals surface area contributed by atoms with Crippen LogP contribution >= 0.6 is 0 Å². The summed E-state index contributed by atoms with van der Waals surface area (Å²) in [6, 6.07) is 0. The van der Waals surface area contributed by atoms with Crippen molar-refractivity contribution >= 4 is 17.4 Å². The highest BCUT2D eigenvalue weighted by atomic mass is 16.1. The second-order valence-electron chi connectivity index (χ2n) is 5.48. The first-order chi connectivity index (χ1) is 8.63. The molecule has 18 heavy (non-hydrogen) atoms. The average molecular weight is 248 g/mol. The molecule has 5 nitrogen and oxygen atoms in total. The van der Waals surface area contributed by atoms with Gasteiger partial charge < -0.3 is 10.6 Å². The van der Waals surface area contributed by atoms with Crippen LogP contribution in [0.2, 0.25) is 0 Å². The Morgan fingerprint density at radius 2 is 2.11 bits per heavy atom. The van der Waals surface area contributed by atoms with Crippen LogP contribution < -0.4 is 10.6 Å². The highest BCUT2D eigenvalue weighted by molar-refractivity contribution is 5.97. The predicted octanol–water partition coefficient (Wildman–Crippen LogP) is 2.05. The van der Waals surface area contributed by atoms with Crippen molar-refractivity contribution in [3.8, 4) is 0 Å². The maximum Gasteiger partial charge on any atom is 0.226 e. The van der Waals surface area contributed by atoms with E-state index in [1.165, 1.54) is 12.8 Å². The molecule has 1 aliphatic heterocycles. The molecular formula is C13H20N4O. The first-order valence-corrected chi connectivity index (χ1v) is 6.77. The first-order valence-electron chi connectivity index (χ1n) is 6.77. The van der Waals surface area contributed by atoms with E-state index in [9.17, 15) is 4.79 Å². The van der Waals surface area contributed by atoms with Crippen molar-refractivity contribution in [2.24, 2.45) is 7.05 Å². The van der Waals surface area contributed by atoms with E-state index in [1.807, 2.05) is 11.7 Å². The van der Waals surface area contributed by atoms with E-state index in [-0.39, 0.29) is 11.4 Å². The van der Waals surface area contributed by atoms with E-state index in [0.29, 0.717) is 6.42 Å². The third kappa shape index (κ3) is 1.69. The molecule has 1 aromatic rings. The summed E-state index contributed by atoms with van der Waals surface area (Å²) in [5.74, 6) is 1.09. The number of carbonyl (C=O) groups is 1. The molecule has 1 aliphatic carbocycles. The van der Waals surface area contributed by atoms with Gasteiger partial charge in [-0.1, -0.05) is 19.8 Å². The lowest BCUT2D eigenvalue weighted by Crippen LogP contribution is -2.37. The summed E-state index contributed by atoms with van der Waals surface area (Å²) in [5.41, 5.74) is 1.80. The summed E-state index contributed by atoms with van der Waals surface area (Å²) in [4.78, 5) is 12.1. The predicted molar refractivity (Wildman–Crippen MR) is 70.7 cm³/mol. The molecule has 0 unspecified atom stereocenters. The number of hydrogen-bond donors (Lipinski definition) is 2. The molecular weight excluding hydrogens is 228 g/mol. The van der Waals surface area contributed by atoms with E-state index in [0.717, 1.165) is 36.5 Å². The standard InChI is InChI=1S/C13H20N4O/c1-3-9-11-12(17(2)16-9)15-13(6-4-5-7-13)8-10(18)14-11/h15H,3-8H2,1-2H3,(H,14,18).